The van der Waals surface area contributed by atoms with Crippen LogP contribution in [0.5, 0.6) is 0 Å². The molecule has 2 unspecified atom stereocenters. The van der Waals surface area contributed by atoms with Gasteiger partial charge in [-0.25, -0.2) is 4.21 Å². The van der Waals surface area contributed by atoms with Crippen molar-refractivity contribution in [1.29, 1.82) is 0 Å². The molecule has 0 bridgehead atoms. The topological polar surface area (TPSA) is 66.8 Å². The average Bonchev–Trinajstić information content (AvgIpc) is 2.13. The fraction of sp³-hybridized carbons (Fsp3) is 0.625. The third-order valence-electron chi connectivity index (χ3n) is 1.57. The van der Waals surface area contributed by atoms with Crippen LogP contribution in [0.3, 0.4) is 0 Å². The Morgan fingerprint density at radius 3 is 2.71 bits per heavy atom. The van der Waals surface area contributed by atoms with E-state index in [2.05, 4.69) is 0 Å². The first kappa shape index (κ1) is 13.3. The molecule has 82 valence electrons. The highest BCUT2D eigenvalue weighted by atomic mass is 32.2. The monoisotopic (exact) mass is 221 g/mol. The summed E-state index contributed by atoms with van der Waals surface area (Å²) in [7, 11) is 1.44. The summed E-state index contributed by atoms with van der Waals surface area (Å²) in [5.41, 5.74) is 0. The molecule has 0 saturated heterocycles. The maximum absolute atomic E-state index is 11.1. The van der Waals surface area contributed by atoms with E-state index in [-0.39, 0.29) is 5.75 Å². The second kappa shape index (κ2) is 6.69. The molecule has 0 radical (unpaired) electrons. The van der Waals surface area contributed by atoms with Crippen molar-refractivity contribution in [2.75, 3.05) is 12.8 Å². The van der Waals surface area contributed by atoms with Crippen molar-refractivity contribution in [2.45, 2.75) is 19.9 Å². The number of allylic oxidation sites excluding steroid dienone is 1. The van der Waals surface area contributed by atoms with Crippen molar-refractivity contribution >= 4 is 17.0 Å². The van der Waals surface area contributed by atoms with E-state index >= 15 is 0 Å². The first-order valence-corrected chi connectivity index (χ1v) is 5.37. The average molecular weight is 221 g/mol. The summed E-state index contributed by atoms with van der Waals surface area (Å²) in [6.07, 6.45) is 3.44. The van der Waals surface area contributed by atoms with E-state index in [9.17, 15) is 9.00 Å². The van der Waals surface area contributed by atoms with Crippen LogP contribution in [0.2, 0.25) is 0 Å². The molecule has 0 heterocycles. The van der Waals surface area contributed by atoms with Gasteiger partial charge >= 0.3 is 5.97 Å². The zero-order valence-electron chi connectivity index (χ0n) is 8.47. The summed E-state index contributed by atoms with van der Waals surface area (Å²) in [5.74, 6) is -0.761. The molecule has 5 nitrogen and oxygen atoms in total. The van der Waals surface area contributed by atoms with Gasteiger partial charge in [-0.05, 0) is 13.8 Å². The zero-order chi connectivity index (χ0) is 11.1. The van der Waals surface area contributed by atoms with E-state index in [1.54, 1.807) is 19.1 Å². The van der Waals surface area contributed by atoms with Crippen molar-refractivity contribution in [1.82, 2.24) is 5.06 Å². The van der Waals surface area contributed by atoms with Gasteiger partial charge in [0.2, 0.25) is 0 Å². The molecule has 0 aromatic carbocycles. The lowest BCUT2D eigenvalue weighted by molar-refractivity contribution is -0.153. The van der Waals surface area contributed by atoms with E-state index < -0.39 is 23.1 Å². The second-order valence-corrected chi connectivity index (χ2v) is 3.76. The predicted octanol–water partition coefficient (Wildman–Crippen LogP) is 0.563. The Balaban J connectivity index is 3.99. The number of carboxylic acid groups (broad SMARTS) is 1. The van der Waals surface area contributed by atoms with Crippen LogP contribution in [0, 0.1) is 0 Å². The molecule has 0 aliphatic rings. The molecule has 14 heavy (non-hydrogen) atoms. The van der Waals surface area contributed by atoms with Gasteiger partial charge in [0.1, 0.15) is 6.04 Å². The molecule has 0 aliphatic heterocycles. The van der Waals surface area contributed by atoms with Crippen LogP contribution >= 0.6 is 0 Å². The fourth-order valence-electron chi connectivity index (χ4n) is 0.556. The Kier molecular flexibility index (Phi) is 6.35. The van der Waals surface area contributed by atoms with Gasteiger partial charge in [0.15, 0.2) is 11.1 Å². The smallest absolute Gasteiger partial charge is 0.323 e. The lowest BCUT2D eigenvalue weighted by atomic mass is 10.3. The van der Waals surface area contributed by atoms with Crippen molar-refractivity contribution in [3.63, 3.8) is 0 Å². The van der Waals surface area contributed by atoms with Gasteiger partial charge in [0.05, 0.1) is 5.75 Å². The van der Waals surface area contributed by atoms with Crippen molar-refractivity contribution in [2.24, 2.45) is 0 Å². The predicted molar refractivity (Wildman–Crippen MR) is 53.8 cm³/mol. The molecule has 0 fully saturated rings. The van der Waals surface area contributed by atoms with Gasteiger partial charge in [-0.15, -0.1) is 0 Å². The quantitative estimate of drug-likeness (QED) is 0.524. The lowest BCUT2D eigenvalue weighted by Gasteiger charge is -2.18. The van der Waals surface area contributed by atoms with Crippen LogP contribution in [-0.4, -0.2) is 39.2 Å². The van der Waals surface area contributed by atoms with Crippen LogP contribution in [0.1, 0.15) is 13.8 Å². The summed E-state index contributed by atoms with van der Waals surface area (Å²) in [6, 6.07) is -0.815. The van der Waals surface area contributed by atoms with Crippen LogP contribution < -0.4 is 0 Å². The lowest BCUT2D eigenvalue weighted by Crippen LogP contribution is -2.36. The number of nitrogens with zero attached hydrogens (tertiary/aromatic N) is 1. The minimum atomic E-state index is -1.51. The van der Waals surface area contributed by atoms with E-state index in [0.717, 1.165) is 5.06 Å². The zero-order valence-corrected chi connectivity index (χ0v) is 9.28. The molecule has 2 atom stereocenters. The van der Waals surface area contributed by atoms with Gasteiger partial charge < -0.3 is 5.11 Å². The highest BCUT2D eigenvalue weighted by molar-refractivity contribution is 7.80. The largest absolute Gasteiger partial charge is 0.480 e. The molecule has 0 aliphatic carbocycles. The van der Waals surface area contributed by atoms with Crippen molar-refractivity contribution in [3.05, 3.63) is 12.2 Å². The number of carbonyl (C=O) groups is 1. The summed E-state index contributed by atoms with van der Waals surface area (Å²) in [5, 5.41) is 9.68. The summed E-state index contributed by atoms with van der Waals surface area (Å²) in [4.78, 5) is 10.5. The Labute approximate surface area is 86.0 Å². The molecule has 1 N–H and O–H groups in total. The number of hydrogen-bond acceptors (Lipinski definition) is 4. The molecule has 6 heteroatoms. The molecular weight excluding hydrogens is 206 g/mol. The standard InChI is InChI=1S/C8H15NO4S/c1-4-5-6-14(12)13-9(3)7(2)8(10)11/h4-5,7H,6H2,1-3H3,(H,10,11)/b5-4+. The van der Waals surface area contributed by atoms with Gasteiger partial charge in [0.25, 0.3) is 0 Å². The molecule has 0 rings (SSSR count). The second-order valence-electron chi connectivity index (χ2n) is 2.67. The Morgan fingerprint density at radius 2 is 2.29 bits per heavy atom. The molecule has 0 amide bonds. The fourth-order valence-corrected chi connectivity index (χ4v) is 1.36. The number of hydroxylamine groups is 2. The summed E-state index contributed by atoms with van der Waals surface area (Å²) in [6.45, 7) is 3.26. The van der Waals surface area contributed by atoms with Crippen molar-refractivity contribution < 1.29 is 18.4 Å². The van der Waals surface area contributed by atoms with E-state index in [1.165, 1.54) is 14.0 Å². The normalized spacial score (nSPS) is 16.0. The number of rotatable bonds is 6. The van der Waals surface area contributed by atoms with Gasteiger partial charge in [-0.3, -0.25) is 4.79 Å². The number of carboxylic acids is 1. The Morgan fingerprint density at radius 1 is 1.71 bits per heavy atom. The number of likely N-dealkylation sites (N-methyl/N-ethyl adjacent to an activating group) is 1. The Hall–Kier alpha value is -0.720. The van der Waals surface area contributed by atoms with Gasteiger partial charge in [0, 0.05) is 7.05 Å². The molecule has 0 aromatic rings. The van der Waals surface area contributed by atoms with Crippen LogP contribution in [0.15, 0.2) is 12.2 Å². The van der Waals surface area contributed by atoms with E-state index in [0.29, 0.717) is 0 Å². The van der Waals surface area contributed by atoms with Crippen LogP contribution in [-0.2, 0) is 20.2 Å². The molecule has 0 spiro atoms. The molecule has 0 aromatic heterocycles. The third-order valence-corrected chi connectivity index (χ3v) is 2.44. The third kappa shape index (κ3) is 5.11. The highest BCUT2D eigenvalue weighted by Gasteiger charge is 2.19. The minimum Gasteiger partial charge on any atom is -0.480 e. The molecule has 0 saturated carbocycles. The van der Waals surface area contributed by atoms with E-state index in [1.807, 2.05) is 0 Å². The van der Waals surface area contributed by atoms with Gasteiger partial charge in [-0.2, -0.15) is 9.35 Å². The summed E-state index contributed by atoms with van der Waals surface area (Å²) >= 11 is -1.51. The Bertz CT molecular complexity index is 241. The van der Waals surface area contributed by atoms with E-state index in [4.69, 9.17) is 9.39 Å². The minimum absolute atomic E-state index is 0.257. The van der Waals surface area contributed by atoms with Gasteiger partial charge in [-0.1, -0.05) is 12.2 Å². The SMILES string of the molecule is C/C=C/CS(=O)ON(C)C(C)C(=O)O. The first-order valence-electron chi connectivity index (χ1n) is 4.12. The first-order chi connectivity index (χ1) is 6.49. The maximum atomic E-state index is 11.1. The molecular formula is C8H15NO4S. The number of aliphatic carboxylic acids is 1. The maximum Gasteiger partial charge on any atom is 0.323 e. The number of hydrogen-bond donors (Lipinski definition) is 1. The van der Waals surface area contributed by atoms with Crippen molar-refractivity contribution in [3.8, 4) is 0 Å². The summed E-state index contributed by atoms with van der Waals surface area (Å²) < 4.78 is 16.0. The van der Waals surface area contributed by atoms with Crippen LogP contribution in [0.25, 0.3) is 0 Å². The van der Waals surface area contributed by atoms with Crippen LogP contribution in [0.4, 0.5) is 0 Å². The highest BCUT2D eigenvalue weighted by Crippen LogP contribution is 1.99.